The molecule has 0 spiro atoms. The van der Waals surface area contributed by atoms with Gasteiger partial charge in [-0.3, -0.25) is 10.1 Å². The molecule has 0 amide bonds. The molecule has 0 saturated heterocycles. The highest BCUT2D eigenvalue weighted by molar-refractivity contribution is 14.1. The van der Waals surface area contributed by atoms with Crippen LogP contribution in [-0.2, 0) is 0 Å². The Kier molecular flexibility index (Phi) is 5.47. The normalized spacial score (nSPS) is 14.4. The van der Waals surface area contributed by atoms with Crippen LogP contribution in [0.3, 0.4) is 0 Å². The molecule has 1 aromatic carbocycles. The van der Waals surface area contributed by atoms with Gasteiger partial charge in [0.05, 0.1) is 32.3 Å². The van der Waals surface area contributed by atoms with Crippen LogP contribution in [-0.4, -0.2) is 16.6 Å². The van der Waals surface area contributed by atoms with Crippen molar-refractivity contribution in [1.29, 1.82) is 10.5 Å². The van der Waals surface area contributed by atoms with E-state index < -0.39 is 16.6 Å². The maximum Gasteiger partial charge on any atom is 0.313 e. The van der Waals surface area contributed by atoms with Crippen LogP contribution in [0.1, 0.15) is 25.8 Å². The van der Waals surface area contributed by atoms with Crippen LogP contribution in [0.15, 0.2) is 12.1 Å². The molecule has 21 heavy (non-hydrogen) atoms. The Morgan fingerprint density at radius 1 is 1.57 bits per heavy atom. The molecule has 0 bridgehead atoms. The van der Waals surface area contributed by atoms with Gasteiger partial charge >= 0.3 is 5.69 Å². The Morgan fingerprint density at radius 2 is 2.19 bits per heavy atom. The molecular weight excluding hydrogens is 387 g/mol. The van der Waals surface area contributed by atoms with Gasteiger partial charge in [-0.05, 0) is 42.5 Å². The lowest BCUT2D eigenvalue weighted by molar-refractivity contribution is -0.386. The highest BCUT2D eigenvalue weighted by Gasteiger charge is 2.26. The number of nitrogens with two attached hydrogens (primary N) is 1. The van der Waals surface area contributed by atoms with E-state index in [9.17, 15) is 10.1 Å². The van der Waals surface area contributed by atoms with Crippen molar-refractivity contribution in [3.8, 4) is 17.9 Å². The van der Waals surface area contributed by atoms with E-state index in [0.29, 0.717) is 3.57 Å². The van der Waals surface area contributed by atoms with Gasteiger partial charge in [-0.2, -0.15) is 10.5 Å². The van der Waals surface area contributed by atoms with Gasteiger partial charge < -0.3 is 10.5 Å². The van der Waals surface area contributed by atoms with Crippen molar-refractivity contribution in [3.05, 3.63) is 31.4 Å². The summed E-state index contributed by atoms with van der Waals surface area (Å²) < 4.78 is 6.04. The van der Waals surface area contributed by atoms with Gasteiger partial charge in [-0.1, -0.05) is 0 Å². The molecular formula is C13H13IN4O3. The predicted octanol–water partition coefficient (Wildman–Crippen LogP) is 2.47. The zero-order valence-corrected chi connectivity index (χ0v) is 13.6. The van der Waals surface area contributed by atoms with Gasteiger partial charge in [-0.25, -0.2) is 0 Å². The number of rotatable bonds is 5. The van der Waals surface area contributed by atoms with Crippen molar-refractivity contribution in [3.63, 3.8) is 0 Å². The van der Waals surface area contributed by atoms with Gasteiger partial charge in [0.25, 0.3) is 0 Å². The topological polar surface area (TPSA) is 126 Å². The van der Waals surface area contributed by atoms with Crippen molar-refractivity contribution in [2.75, 3.05) is 0 Å². The lowest BCUT2D eigenvalue weighted by Gasteiger charge is -2.22. The summed E-state index contributed by atoms with van der Waals surface area (Å²) in [5, 5.41) is 28.9. The molecule has 0 aliphatic carbocycles. The summed E-state index contributed by atoms with van der Waals surface area (Å²) in [5.41, 5.74) is 4.57. The SMILES string of the molecule is CC(CC(C)(N)C#N)Oc1c(I)cc(C#N)cc1[N+](=O)[O-]. The minimum atomic E-state index is -1.08. The highest BCUT2D eigenvalue weighted by atomic mass is 127. The quantitative estimate of drug-likeness (QED) is 0.460. The maximum atomic E-state index is 11.1. The van der Waals surface area contributed by atoms with Crippen LogP contribution in [0.2, 0.25) is 0 Å². The monoisotopic (exact) mass is 400 g/mol. The zero-order valence-electron chi connectivity index (χ0n) is 11.5. The molecule has 1 aromatic rings. The Hall–Kier alpha value is -1.91. The van der Waals surface area contributed by atoms with E-state index in [-0.39, 0.29) is 23.4 Å². The third-order valence-corrected chi connectivity index (χ3v) is 3.44. The molecule has 1 rings (SSSR count). The van der Waals surface area contributed by atoms with Gasteiger partial charge in [-0.15, -0.1) is 0 Å². The van der Waals surface area contributed by atoms with Crippen LogP contribution in [0.25, 0.3) is 0 Å². The number of nitrogens with zero attached hydrogens (tertiary/aromatic N) is 3. The van der Waals surface area contributed by atoms with Crippen LogP contribution < -0.4 is 10.5 Å². The first-order valence-electron chi connectivity index (χ1n) is 5.95. The predicted molar refractivity (Wildman–Crippen MR) is 83.4 cm³/mol. The number of nitro benzene ring substituents is 1. The second-order valence-electron chi connectivity index (χ2n) is 4.84. The summed E-state index contributed by atoms with van der Waals surface area (Å²) in [6.45, 7) is 3.24. The maximum absolute atomic E-state index is 11.1. The fourth-order valence-electron chi connectivity index (χ4n) is 1.78. The largest absolute Gasteiger partial charge is 0.483 e. The lowest BCUT2D eigenvalue weighted by atomic mass is 9.98. The molecule has 2 unspecified atom stereocenters. The molecule has 8 heteroatoms. The van der Waals surface area contributed by atoms with Crippen LogP contribution in [0.4, 0.5) is 5.69 Å². The summed E-state index contributed by atoms with van der Waals surface area (Å²) in [5.74, 6) is 0.0841. The summed E-state index contributed by atoms with van der Waals surface area (Å²) >= 11 is 1.87. The average Bonchev–Trinajstić information content (AvgIpc) is 2.39. The second kappa shape index (κ2) is 6.70. The van der Waals surface area contributed by atoms with E-state index in [1.54, 1.807) is 13.8 Å². The molecule has 2 atom stereocenters. The van der Waals surface area contributed by atoms with E-state index in [0.717, 1.165) is 6.07 Å². The van der Waals surface area contributed by atoms with Crippen LogP contribution >= 0.6 is 22.6 Å². The molecule has 2 N–H and O–H groups in total. The molecule has 0 aliphatic heterocycles. The molecule has 0 heterocycles. The van der Waals surface area contributed by atoms with E-state index in [2.05, 4.69) is 0 Å². The second-order valence-corrected chi connectivity index (χ2v) is 6.00. The Balaban J connectivity index is 3.12. The Morgan fingerprint density at radius 3 is 2.67 bits per heavy atom. The third-order valence-electron chi connectivity index (χ3n) is 2.64. The Bertz CT molecular complexity index is 646. The van der Waals surface area contributed by atoms with Crippen molar-refractivity contribution >= 4 is 28.3 Å². The molecule has 0 radical (unpaired) electrons. The summed E-state index contributed by atoms with van der Waals surface area (Å²) in [4.78, 5) is 10.5. The third kappa shape index (κ3) is 4.55. The number of halogens is 1. The number of nitro groups is 1. The standard InChI is InChI=1S/C13H13IN4O3/c1-8(5-13(2,17)7-16)21-12-10(14)3-9(6-15)4-11(12)18(19)20/h3-4,8H,5,17H2,1-2H3. The van der Waals surface area contributed by atoms with Gasteiger partial charge in [0.15, 0.2) is 0 Å². The minimum absolute atomic E-state index is 0.0841. The van der Waals surface area contributed by atoms with Crippen molar-refractivity contribution < 1.29 is 9.66 Å². The van der Waals surface area contributed by atoms with Crippen LogP contribution in [0, 0.1) is 36.3 Å². The first-order valence-corrected chi connectivity index (χ1v) is 7.03. The van der Waals surface area contributed by atoms with Gasteiger partial charge in [0.2, 0.25) is 5.75 Å². The van der Waals surface area contributed by atoms with E-state index in [1.165, 1.54) is 6.07 Å². The fraction of sp³-hybridized carbons (Fsp3) is 0.385. The summed E-state index contributed by atoms with van der Waals surface area (Å²) in [6.07, 6.45) is -0.267. The summed E-state index contributed by atoms with van der Waals surface area (Å²) in [7, 11) is 0. The highest BCUT2D eigenvalue weighted by Crippen LogP contribution is 2.35. The van der Waals surface area contributed by atoms with E-state index in [4.69, 9.17) is 21.0 Å². The number of benzene rings is 1. The number of ether oxygens (including phenoxy) is 1. The molecule has 0 saturated carbocycles. The lowest BCUT2D eigenvalue weighted by Crippen LogP contribution is -2.38. The summed E-state index contributed by atoms with van der Waals surface area (Å²) in [6, 6.07) is 6.47. The zero-order chi connectivity index (χ0) is 16.2. The average molecular weight is 400 g/mol. The molecule has 7 nitrogen and oxygen atoms in total. The van der Waals surface area contributed by atoms with Gasteiger partial charge in [0.1, 0.15) is 5.54 Å². The van der Waals surface area contributed by atoms with E-state index in [1.807, 2.05) is 34.7 Å². The smallest absolute Gasteiger partial charge is 0.313 e. The van der Waals surface area contributed by atoms with Crippen LogP contribution in [0.5, 0.6) is 5.75 Å². The molecule has 110 valence electrons. The number of nitriles is 2. The molecule has 0 aromatic heterocycles. The Labute approximate surface area is 135 Å². The first-order chi connectivity index (χ1) is 9.70. The van der Waals surface area contributed by atoms with E-state index >= 15 is 0 Å². The van der Waals surface area contributed by atoms with Crippen molar-refractivity contribution in [2.24, 2.45) is 5.73 Å². The van der Waals surface area contributed by atoms with Crippen molar-refractivity contribution in [1.82, 2.24) is 0 Å². The number of hydrogen-bond donors (Lipinski definition) is 1. The fourth-order valence-corrected chi connectivity index (χ4v) is 2.52. The molecule has 0 aliphatic rings. The number of hydrogen-bond acceptors (Lipinski definition) is 6. The molecule has 0 fully saturated rings. The van der Waals surface area contributed by atoms with Gasteiger partial charge in [0, 0.05) is 12.5 Å². The first kappa shape index (κ1) is 17.1. The minimum Gasteiger partial charge on any atom is -0.483 e. The van der Waals surface area contributed by atoms with Crippen molar-refractivity contribution in [2.45, 2.75) is 31.9 Å².